The van der Waals surface area contributed by atoms with Crippen LogP contribution in [0.2, 0.25) is 0 Å². The second-order valence-corrected chi connectivity index (χ2v) is 1.62. The van der Waals surface area contributed by atoms with Gasteiger partial charge in [-0.2, -0.15) is 5.10 Å². The quantitative estimate of drug-likeness (QED) is 0.515. The van der Waals surface area contributed by atoms with Crippen LogP contribution in [0.15, 0.2) is 12.4 Å². The lowest BCUT2D eigenvalue weighted by Gasteiger charge is -1.86. The Morgan fingerprint density at radius 1 is 1.89 bits per heavy atom. The maximum atomic E-state index is 12.1. The fourth-order valence-corrected chi connectivity index (χ4v) is 0.473. The highest BCUT2D eigenvalue weighted by molar-refractivity contribution is 5.74. The minimum absolute atomic E-state index is 0.293. The van der Waals surface area contributed by atoms with Crippen LogP contribution in [0, 0.1) is 5.82 Å². The third kappa shape index (κ3) is 1.13. The van der Waals surface area contributed by atoms with Gasteiger partial charge in [0.25, 0.3) is 0 Å². The number of rotatable bonds is 0. The highest BCUT2D eigenvalue weighted by atomic mass is 19.1. The van der Waals surface area contributed by atoms with Crippen molar-refractivity contribution in [3.63, 3.8) is 0 Å². The van der Waals surface area contributed by atoms with Crippen LogP contribution < -0.4 is 0 Å². The van der Waals surface area contributed by atoms with Crippen LogP contribution >= 0.6 is 0 Å². The largest absolute Gasteiger partial charge is 0.273 e. The minimum atomic E-state index is -0.495. The average molecular weight is 128 g/mol. The first kappa shape index (κ1) is 5.94. The molecule has 3 nitrogen and oxygen atoms in total. The summed E-state index contributed by atoms with van der Waals surface area (Å²) in [5.41, 5.74) is 0. The molecule has 0 fully saturated rings. The monoisotopic (exact) mass is 128 g/mol. The fraction of sp³-hybridized carbons (Fsp3) is 0.200. The van der Waals surface area contributed by atoms with E-state index in [9.17, 15) is 9.18 Å². The van der Waals surface area contributed by atoms with E-state index in [1.807, 2.05) is 0 Å². The van der Waals surface area contributed by atoms with Crippen LogP contribution in [-0.4, -0.2) is 15.7 Å². The summed E-state index contributed by atoms with van der Waals surface area (Å²) < 4.78 is 13.0. The first-order valence-corrected chi connectivity index (χ1v) is 2.41. The van der Waals surface area contributed by atoms with Gasteiger partial charge in [-0.3, -0.25) is 4.79 Å². The van der Waals surface area contributed by atoms with Crippen molar-refractivity contribution in [2.75, 3.05) is 0 Å². The fourth-order valence-electron chi connectivity index (χ4n) is 0.473. The van der Waals surface area contributed by atoms with E-state index in [0.29, 0.717) is 0 Å². The molecule has 0 unspecified atom stereocenters. The maximum Gasteiger partial charge on any atom is 0.243 e. The average Bonchev–Trinajstić information content (AvgIpc) is 2.14. The summed E-state index contributed by atoms with van der Waals surface area (Å²) in [4.78, 5) is 10.4. The molecule has 0 aliphatic heterocycles. The molecule has 0 spiro atoms. The molecular weight excluding hydrogens is 123 g/mol. The molecule has 0 aliphatic rings. The smallest absolute Gasteiger partial charge is 0.243 e. The van der Waals surface area contributed by atoms with Gasteiger partial charge in [-0.15, -0.1) is 0 Å². The third-order valence-corrected chi connectivity index (χ3v) is 0.874. The lowest BCUT2D eigenvalue weighted by Crippen LogP contribution is -2.04. The van der Waals surface area contributed by atoms with Gasteiger partial charge in [-0.25, -0.2) is 9.07 Å². The topological polar surface area (TPSA) is 34.9 Å². The Hall–Kier alpha value is -1.19. The molecule has 0 amide bonds. The Morgan fingerprint density at radius 3 is 2.78 bits per heavy atom. The standard InChI is InChI=1S/C5H5FN2O/c1-4(9)8-3-5(6)2-7-8/h2-3H,1H3. The van der Waals surface area contributed by atoms with Crippen LogP contribution in [0.1, 0.15) is 11.7 Å². The SMILES string of the molecule is CC(=O)n1cc(F)cn1. The van der Waals surface area contributed by atoms with Crippen molar-refractivity contribution in [3.05, 3.63) is 18.2 Å². The molecule has 1 aromatic rings. The van der Waals surface area contributed by atoms with Crippen LogP contribution in [0.4, 0.5) is 4.39 Å². The van der Waals surface area contributed by atoms with Gasteiger partial charge in [0.05, 0.1) is 12.4 Å². The van der Waals surface area contributed by atoms with E-state index < -0.39 is 5.82 Å². The molecule has 0 bridgehead atoms. The highest BCUT2D eigenvalue weighted by Crippen LogP contribution is 1.92. The van der Waals surface area contributed by atoms with Gasteiger partial charge in [-0.1, -0.05) is 0 Å². The van der Waals surface area contributed by atoms with E-state index in [1.54, 1.807) is 0 Å². The van der Waals surface area contributed by atoms with Crippen molar-refractivity contribution in [3.8, 4) is 0 Å². The molecule has 1 rings (SSSR count). The van der Waals surface area contributed by atoms with Gasteiger partial charge >= 0.3 is 0 Å². The second-order valence-electron chi connectivity index (χ2n) is 1.62. The summed E-state index contributed by atoms with van der Waals surface area (Å²) in [5.74, 6) is -0.788. The lowest BCUT2D eigenvalue weighted by atomic mass is 10.7. The van der Waals surface area contributed by atoms with E-state index >= 15 is 0 Å². The van der Waals surface area contributed by atoms with Gasteiger partial charge in [0.2, 0.25) is 5.91 Å². The van der Waals surface area contributed by atoms with Crippen molar-refractivity contribution in [1.29, 1.82) is 0 Å². The maximum absolute atomic E-state index is 12.1. The molecule has 0 N–H and O–H groups in total. The third-order valence-electron chi connectivity index (χ3n) is 0.874. The molecule has 0 saturated carbocycles. The summed E-state index contributed by atoms with van der Waals surface area (Å²) >= 11 is 0. The van der Waals surface area contributed by atoms with E-state index in [2.05, 4.69) is 5.10 Å². The number of aromatic nitrogens is 2. The van der Waals surface area contributed by atoms with Crippen LogP contribution in [0.5, 0.6) is 0 Å². The number of hydrogen-bond donors (Lipinski definition) is 0. The summed E-state index contributed by atoms with van der Waals surface area (Å²) in [6.07, 6.45) is 2.02. The summed E-state index contributed by atoms with van der Waals surface area (Å²) in [6, 6.07) is 0. The van der Waals surface area contributed by atoms with Gasteiger partial charge in [0.15, 0.2) is 5.82 Å². The molecule has 1 aromatic heterocycles. The number of carbonyl (C=O) groups is 1. The first-order chi connectivity index (χ1) is 4.20. The van der Waals surface area contributed by atoms with E-state index in [1.165, 1.54) is 6.92 Å². The van der Waals surface area contributed by atoms with Gasteiger partial charge < -0.3 is 0 Å². The molecular formula is C5H5FN2O. The van der Waals surface area contributed by atoms with Crippen LogP contribution in [0.25, 0.3) is 0 Å². The van der Waals surface area contributed by atoms with Gasteiger partial charge in [0.1, 0.15) is 0 Å². The molecule has 48 valence electrons. The van der Waals surface area contributed by atoms with Crippen molar-refractivity contribution in [1.82, 2.24) is 9.78 Å². The normalized spacial score (nSPS) is 9.56. The predicted molar refractivity (Wildman–Crippen MR) is 28.5 cm³/mol. The van der Waals surface area contributed by atoms with Crippen molar-refractivity contribution in [2.24, 2.45) is 0 Å². The highest BCUT2D eigenvalue weighted by Gasteiger charge is 1.98. The Morgan fingerprint density at radius 2 is 2.56 bits per heavy atom. The summed E-state index contributed by atoms with van der Waals surface area (Å²) in [6.45, 7) is 1.31. The Labute approximate surface area is 51.1 Å². The first-order valence-electron chi connectivity index (χ1n) is 2.41. The molecule has 0 saturated heterocycles. The number of hydrogen-bond acceptors (Lipinski definition) is 2. The lowest BCUT2D eigenvalue weighted by molar-refractivity contribution is 0.0920. The van der Waals surface area contributed by atoms with Crippen LogP contribution in [0.3, 0.4) is 0 Å². The van der Waals surface area contributed by atoms with E-state index in [4.69, 9.17) is 0 Å². The van der Waals surface area contributed by atoms with Crippen molar-refractivity contribution in [2.45, 2.75) is 6.92 Å². The number of halogens is 1. The van der Waals surface area contributed by atoms with E-state index in [0.717, 1.165) is 17.1 Å². The zero-order valence-corrected chi connectivity index (χ0v) is 4.84. The Kier molecular flexibility index (Phi) is 1.30. The number of carbonyl (C=O) groups excluding carboxylic acids is 1. The molecule has 4 heteroatoms. The predicted octanol–water partition coefficient (Wildman–Crippen LogP) is 0.682. The van der Waals surface area contributed by atoms with Gasteiger partial charge in [-0.05, 0) is 0 Å². The zero-order chi connectivity index (χ0) is 6.85. The minimum Gasteiger partial charge on any atom is -0.273 e. The Balaban J connectivity index is 2.98. The van der Waals surface area contributed by atoms with Crippen LogP contribution in [-0.2, 0) is 0 Å². The summed E-state index contributed by atoms with van der Waals surface area (Å²) in [5, 5.41) is 3.41. The second kappa shape index (κ2) is 1.97. The van der Waals surface area contributed by atoms with Crippen molar-refractivity contribution >= 4 is 5.91 Å². The van der Waals surface area contributed by atoms with Gasteiger partial charge in [0, 0.05) is 6.92 Å². The number of nitrogens with zero attached hydrogens (tertiary/aromatic N) is 2. The van der Waals surface area contributed by atoms with E-state index in [-0.39, 0.29) is 5.91 Å². The molecule has 9 heavy (non-hydrogen) atoms. The molecule has 0 radical (unpaired) electrons. The molecule has 1 heterocycles. The zero-order valence-electron chi connectivity index (χ0n) is 4.84. The molecule has 0 aliphatic carbocycles. The molecule has 0 aromatic carbocycles. The summed E-state index contributed by atoms with van der Waals surface area (Å²) in [7, 11) is 0. The Bertz CT molecular complexity index is 231. The van der Waals surface area contributed by atoms with Crippen molar-refractivity contribution < 1.29 is 9.18 Å². The molecule has 0 atom stereocenters.